The molecule has 0 radical (unpaired) electrons. The van der Waals surface area contributed by atoms with Gasteiger partial charge in [0.05, 0.1) is 19.3 Å². The highest BCUT2D eigenvalue weighted by molar-refractivity contribution is 5.91. The zero-order chi connectivity index (χ0) is 15.9. The molecule has 0 bridgehead atoms. The Bertz CT molecular complexity index is 527. The molecule has 0 saturated carbocycles. The summed E-state index contributed by atoms with van der Waals surface area (Å²) in [5.41, 5.74) is 0.655. The molecule has 0 aromatic heterocycles. The molecular formula is C15H22N4O3. The van der Waals surface area contributed by atoms with Gasteiger partial charge in [0.1, 0.15) is 5.75 Å². The predicted molar refractivity (Wildman–Crippen MR) is 84.1 cm³/mol. The van der Waals surface area contributed by atoms with Gasteiger partial charge in [-0.1, -0.05) is 12.1 Å². The summed E-state index contributed by atoms with van der Waals surface area (Å²) in [6.07, 6.45) is 0. The monoisotopic (exact) mass is 306 g/mol. The third-order valence-electron chi connectivity index (χ3n) is 3.65. The lowest BCUT2D eigenvalue weighted by Gasteiger charge is -2.34. The molecule has 7 nitrogen and oxygen atoms in total. The Hall–Kier alpha value is -2.28. The third-order valence-corrected chi connectivity index (χ3v) is 3.65. The molecular weight excluding hydrogens is 284 g/mol. The Labute approximate surface area is 130 Å². The number of carbonyl (C=O) groups is 2. The van der Waals surface area contributed by atoms with Crippen LogP contribution in [0.5, 0.6) is 5.75 Å². The lowest BCUT2D eigenvalue weighted by molar-refractivity contribution is -0.122. The number of carbonyl (C=O) groups excluding carboxylic acids is 2. The topological polar surface area (TPSA) is 73.9 Å². The number of benzene rings is 1. The number of urea groups is 1. The second-order valence-electron chi connectivity index (χ2n) is 5.07. The van der Waals surface area contributed by atoms with Gasteiger partial charge in [0.15, 0.2) is 0 Å². The molecule has 2 N–H and O–H groups in total. The van der Waals surface area contributed by atoms with Crippen LogP contribution >= 0.6 is 0 Å². The third kappa shape index (κ3) is 4.11. The summed E-state index contributed by atoms with van der Waals surface area (Å²) in [4.78, 5) is 27.4. The van der Waals surface area contributed by atoms with E-state index < -0.39 is 0 Å². The van der Waals surface area contributed by atoms with Crippen molar-refractivity contribution in [2.75, 3.05) is 52.2 Å². The molecule has 1 aliphatic heterocycles. The van der Waals surface area contributed by atoms with Crippen LogP contribution in [-0.4, -0.2) is 68.6 Å². The minimum atomic E-state index is -0.149. The van der Waals surface area contributed by atoms with E-state index in [1.165, 1.54) is 0 Å². The van der Waals surface area contributed by atoms with Crippen LogP contribution in [0.2, 0.25) is 0 Å². The summed E-state index contributed by atoms with van der Waals surface area (Å²) in [5.74, 6) is 0.626. The van der Waals surface area contributed by atoms with E-state index in [0.717, 1.165) is 0 Å². The molecule has 1 saturated heterocycles. The zero-order valence-electron chi connectivity index (χ0n) is 13.0. The molecule has 0 aliphatic carbocycles. The molecule has 7 heteroatoms. The fourth-order valence-corrected chi connectivity index (χ4v) is 2.33. The highest BCUT2D eigenvalue weighted by atomic mass is 16.5. The number of amides is 3. The van der Waals surface area contributed by atoms with Crippen LogP contribution in [0, 0.1) is 0 Å². The number of likely N-dealkylation sites (N-methyl/N-ethyl adjacent to an activating group) is 1. The van der Waals surface area contributed by atoms with Crippen molar-refractivity contribution in [1.29, 1.82) is 0 Å². The van der Waals surface area contributed by atoms with Gasteiger partial charge in [-0.15, -0.1) is 0 Å². The number of anilines is 1. The predicted octanol–water partition coefficient (Wildman–Crippen LogP) is 0.591. The van der Waals surface area contributed by atoms with Crippen LogP contribution in [0.15, 0.2) is 24.3 Å². The largest absolute Gasteiger partial charge is 0.495 e. The van der Waals surface area contributed by atoms with E-state index in [4.69, 9.17) is 4.74 Å². The molecule has 1 heterocycles. The first-order valence-corrected chi connectivity index (χ1v) is 7.26. The summed E-state index contributed by atoms with van der Waals surface area (Å²) >= 11 is 0. The first-order chi connectivity index (χ1) is 10.6. The van der Waals surface area contributed by atoms with Gasteiger partial charge in [-0.25, -0.2) is 4.79 Å². The van der Waals surface area contributed by atoms with Crippen LogP contribution in [0.3, 0.4) is 0 Å². The second-order valence-corrected chi connectivity index (χ2v) is 5.07. The highest BCUT2D eigenvalue weighted by Crippen LogP contribution is 2.23. The van der Waals surface area contributed by atoms with Crippen LogP contribution in [-0.2, 0) is 4.79 Å². The van der Waals surface area contributed by atoms with E-state index >= 15 is 0 Å². The standard InChI is InChI=1S/C15H22N4O3/c1-16-14(20)11-18-7-9-19(10-8-18)15(21)17-12-5-3-4-6-13(12)22-2/h3-6H,7-11H2,1-2H3,(H,16,20)(H,17,21). The molecule has 2 rings (SSSR count). The van der Waals surface area contributed by atoms with Crippen molar-refractivity contribution < 1.29 is 14.3 Å². The normalized spacial score (nSPS) is 15.3. The lowest BCUT2D eigenvalue weighted by Crippen LogP contribution is -2.51. The summed E-state index contributed by atoms with van der Waals surface area (Å²) in [6.45, 7) is 2.94. The molecule has 0 spiro atoms. The Morgan fingerprint density at radius 2 is 1.86 bits per heavy atom. The number of piperazine rings is 1. The van der Waals surface area contributed by atoms with Gasteiger partial charge in [0.2, 0.25) is 5.91 Å². The fourth-order valence-electron chi connectivity index (χ4n) is 2.33. The van der Waals surface area contributed by atoms with Gasteiger partial charge in [0, 0.05) is 33.2 Å². The fraction of sp³-hybridized carbons (Fsp3) is 0.467. The first kappa shape index (κ1) is 16.1. The molecule has 3 amide bonds. The maximum absolute atomic E-state index is 12.3. The van der Waals surface area contributed by atoms with Crippen molar-refractivity contribution in [1.82, 2.24) is 15.1 Å². The van der Waals surface area contributed by atoms with Crippen LogP contribution in [0.4, 0.5) is 10.5 Å². The number of methoxy groups -OCH3 is 1. The van der Waals surface area contributed by atoms with E-state index in [1.807, 2.05) is 17.0 Å². The minimum absolute atomic E-state index is 0.00748. The van der Waals surface area contributed by atoms with E-state index in [-0.39, 0.29) is 11.9 Å². The van der Waals surface area contributed by atoms with Crippen LogP contribution in [0.1, 0.15) is 0 Å². The van der Waals surface area contributed by atoms with Gasteiger partial charge >= 0.3 is 6.03 Å². The summed E-state index contributed by atoms with van der Waals surface area (Å²) in [6, 6.07) is 7.16. The Balaban J connectivity index is 1.86. The molecule has 120 valence electrons. The van der Waals surface area contributed by atoms with Gasteiger partial charge < -0.3 is 20.3 Å². The van der Waals surface area contributed by atoms with Crippen molar-refractivity contribution in [3.63, 3.8) is 0 Å². The van der Waals surface area contributed by atoms with Gasteiger partial charge in [-0.05, 0) is 12.1 Å². The van der Waals surface area contributed by atoms with Crippen molar-refractivity contribution in [3.8, 4) is 5.75 Å². The lowest BCUT2D eigenvalue weighted by atomic mass is 10.3. The molecule has 1 aromatic carbocycles. The molecule has 1 aliphatic rings. The second kappa shape index (κ2) is 7.65. The number of nitrogens with zero attached hydrogens (tertiary/aromatic N) is 2. The van der Waals surface area contributed by atoms with E-state index in [9.17, 15) is 9.59 Å². The van der Waals surface area contributed by atoms with Crippen LogP contribution < -0.4 is 15.4 Å². The minimum Gasteiger partial charge on any atom is -0.495 e. The number of nitrogens with one attached hydrogen (secondary N) is 2. The van der Waals surface area contributed by atoms with Crippen molar-refractivity contribution in [2.45, 2.75) is 0 Å². The summed E-state index contributed by atoms with van der Waals surface area (Å²) < 4.78 is 5.22. The molecule has 0 atom stereocenters. The Morgan fingerprint density at radius 1 is 1.18 bits per heavy atom. The average Bonchev–Trinajstić information content (AvgIpc) is 2.55. The Kier molecular flexibility index (Phi) is 5.60. The molecule has 1 aromatic rings. The van der Waals surface area contributed by atoms with E-state index in [1.54, 1.807) is 31.2 Å². The van der Waals surface area contributed by atoms with Crippen LogP contribution in [0.25, 0.3) is 0 Å². The maximum Gasteiger partial charge on any atom is 0.322 e. The Morgan fingerprint density at radius 3 is 2.50 bits per heavy atom. The molecule has 1 fully saturated rings. The van der Waals surface area contributed by atoms with E-state index in [0.29, 0.717) is 44.2 Å². The van der Waals surface area contributed by atoms with Gasteiger partial charge in [-0.3, -0.25) is 9.69 Å². The average molecular weight is 306 g/mol. The van der Waals surface area contributed by atoms with Crippen molar-refractivity contribution in [2.24, 2.45) is 0 Å². The zero-order valence-corrected chi connectivity index (χ0v) is 13.0. The van der Waals surface area contributed by atoms with Gasteiger partial charge in [0.25, 0.3) is 0 Å². The van der Waals surface area contributed by atoms with Crippen molar-refractivity contribution >= 4 is 17.6 Å². The van der Waals surface area contributed by atoms with Gasteiger partial charge in [-0.2, -0.15) is 0 Å². The summed E-state index contributed by atoms with van der Waals surface area (Å²) in [5, 5.41) is 5.47. The van der Waals surface area contributed by atoms with Crippen molar-refractivity contribution in [3.05, 3.63) is 24.3 Å². The number of para-hydroxylation sites is 2. The molecule has 22 heavy (non-hydrogen) atoms. The van der Waals surface area contributed by atoms with E-state index in [2.05, 4.69) is 10.6 Å². The number of ether oxygens (including phenoxy) is 1. The summed E-state index contributed by atoms with van der Waals surface area (Å²) in [7, 11) is 3.20. The first-order valence-electron chi connectivity index (χ1n) is 7.26. The molecule has 0 unspecified atom stereocenters. The number of rotatable bonds is 4. The highest BCUT2D eigenvalue weighted by Gasteiger charge is 2.22. The number of hydrogen-bond donors (Lipinski definition) is 2. The SMILES string of the molecule is CNC(=O)CN1CCN(C(=O)Nc2ccccc2OC)CC1. The maximum atomic E-state index is 12.3. The number of hydrogen-bond acceptors (Lipinski definition) is 4. The quantitative estimate of drug-likeness (QED) is 0.854. The smallest absolute Gasteiger partial charge is 0.322 e.